The average Bonchev–Trinajstić information content (AvgIpc) is 2.03. The molecule has 0 aromatic rings. The number of carbonyl (C=O) groups excluding carboxylic acids is 1. The molecule has 0 aliphatic rings. The van der Waals surface area contributed by atoms with Gasteiger partial charge in [0, 0.05) is 0 Å². The summed E-state index contributed by atoms with van der Waals surface area (Å²) in [6, 6.07) is -0.206. The Kier molecular flexibility index (Phi) is 5.77. The number of hydrogen-bond acceptors (Lipinski definition) is 3. The van der Waals surface area contributed by atoms with E-state index in [1.54, 1.807) is 0 Å². The molecule has 0 saturated heterocycles. The summed E-state index contributed by atoms with van der Waals surface area (Å²) in [4.78, 5) is 11.6. The molecule has 0 aliphatic carbocycles. The Morgan fingerprint density at radius 2 is 1.93 bits per heavy atom. The number of carbonyl (C=O) groups is 1. The fraction of sp³-hybridized carbons (Fsp3) is 0.909. The van der Waals surface area contributed by atoms with Crippen LogP contribution in [-0.2, 0) is 9.53 Å². The number of nitrogens with one attached hydrogen (secondary N) is 1. The van der Waals surface area contributed by atoms with Crippen LogP contribution in [0.2, 0.25) is 0 Å². The molecule has 0 fully saturated rings. The zero-order valence-electron chi connectivity index (χ0n) is 10.0. The summed E-state index contributed by atoms with van der Waals surface area (Å²) >= 11 is 0. The maximum Gasteiger partial charge on any atom is 0.323 e. The molecule has 84 valence electrons. The van der Waals surface area contributed by atoms with E-state index in [1.165, 1.54) is 0 Å². The smallest absolute Gasteiger partial charge is 0.323 e. The Bertz CT molecular complexity index is 173. The molecule has 3 nitrogen and oxygen atoms in total. The van der Waals surface area contributed by atoms with Gasteiger partial charge in [-0.25, -0.2) is 0 Å². The standard InChI is InChI=1S/C11H23NO2/c1-6-8-12-9(11(3,4)5)10(13)14-7-2/h9,12H,6-8H2,1-5H3. The van der Waals surface area contributed by atoms with E-state index in [0.717, 1.165) is 13.0 Å². The van der Waals surface area contributed by atoms with Crippen LogP contribution in [0.3, 0.4) is 0 Å². The van der Waals surface area contributed by atoms with E-state index < -0.39 is 0 Å². The van der Waals surface area contributed by atoms with Gasteiger partial charge >= 0.3 is 5.97 Å². The second-order valence-corrected chi connectivity index (χ2v) is 4.51. The van der Waals surface area contributed by atoms with Gasteiger partial charge in [-0.05, 0) is 25.3 Å². The molecule has 0 radical (unpaired) electrons. The van der Waals surface area contributed by atoms with Crippen LogP contribution in [0.4, 0.5) is 0 Å². The van der Waals surface area contributed by atoms with Gasteiger partial charge in [-0.15, -0.1) is 0 Å². The van der Waals surface area contributed by atoms with Crippen LogP contribution in [0.1, 0.15) is 41.0 Å². The second kappa shape index (κ2) is 6.02. The Hall–Kier alpha value is -0.570. The van der Waals surface area contributed by atoms with Crippen LogP contribution in [-0.4, -0.2) is 25.2 Å². The maximum atomic E-state index is 11.6. The summed E-state index contributed by atoms with van der Waals surface area (Å²) < 4.78 is 5.03. The number of rotatable bonds is 5. The van der Waals surface area contributed by atoms with Crippen LogP contribution in [0.15, 0.2) is 0 Å². The third kappa shape index (κ3) is 4.61. The highest BCUT2D eigenvalue weighted by Gasteiger charge is 2.31. The lowest BCUT2D eigenvalue weighted by Gasteiger charge is -2.29. The molecule has 0 aromatic carbocycles. The molecule has 3 heteroatoms. The van der Waals surface area contributed by atoms with E-state index in [-0.39, 0.29) is 17.4 Å². The first-order valence-electron chi connectivity index (χ1n) is 5.33. The summed E-state index contributed by atoms with van der Waals surface area (Å²) in [5.74, 6) is -0.145. The van der Waals surface area contributed by atoms with Gasteiger partial charge in [0.15, 0.2) is 0 Å². The van der Waals surface area contributed by atoms with Gasteiger partial charge in [-0.3, -0.25) is 4.79 Å². The van der Waals surface area contributed by atoms with Gasteiger partial charge in [0.25, 0.3) is 0 Å². The van der Waals surface area contributed by atoms with E-state index in [4.69, 9.17) is 4.74 Å². The second-order valence-electron chi connectivity index (χ2n) is 4.51. The molecule has 0 amide bonds. The molecule has 0 aromatic heterocycles. The van der Waals surface area contributed by atoms with E-state index in [9.17, 15) is 4.79 Å². The van der Waals surface area contributed by atoms with Crippen molar-refractivity contribution in [3.05, 3.63) is 0 Å². The first kappa shape index (κ1) is 13.4. The lowest BCUT2D eigenvalue weighted by molar-refractivity contribution is -0.148. The van der Waals surface area contributed by atoms with Crippen molar-refractivity contribution in [1.29, 1.82) is 0 Å². The Labute approximate surface area is 87.2 Å². The topological polar surface area (TPSA) is 38.3 Å². The monoisotopic (exact) mass is 201 g/mol. The van der Waals surface area contributed by atoms with Crippen LogP contribution in [0.25, 0.3) is 0 Å². The number of ether oxygens (including phenoxy) is 1. The van der Waals surface area contributed by atoms with Crippen molar-refractivity contribution < 1.29 is 9.53 Å². The molecule has 1 unspecified atom stereocenters. The van der Waals surface area contributed by atoms with Crippen molar-refractivity contribution in [2.24, 2.45) is 5.41 Å². The first-order chi connectivity index (χ1) is 6.43. The number of esters is 1. The third-order valence-corrected chi connectivity index (χ3v) is 1.99. The van der Waals surface area contributed by atoms with Crippen LogP contribution in [0, 0.1) is 5.41 Å². The van der Waals surface area contributed by atoms with Gasteiger partial charge in [-0.1, -0.05) is 27.7 Å². The zero-order valence-corrected chi connectivity index (χ0v) is 10.0. The van der Waals surface area contributed by atoms with Crippen molar-refractivity contribution in [3.63, 3.8) is 0 Å². The Morgan fingerprint density at radius 1 is 1.36 bits per heavy atom. The van der Waals surface area contributed by atoms with Crippen molar-refractivity contribution in [1.82, 2.24) is 5.32 Å². The largest absolute Gasteiger partial charge is 0.465 e. The number of hydrogen-bond donors (Lipinski definition) is 1. The lowest BCUT2D eigenvalue weighted by Crippen LogP contribution is -2.47. The predicted octanol–water partition coefficient (Wildman–Crippen LogP) is 1.96. The predicted molar refractivity (Wildman–Crippen MR) is 58.2 cm³/mol. The summed E-state index contributed by atoms with van der Waals surface area (Å²) in [6.45, 7) is 11.3. The molecule has 0 bridgehead atoms. The van der Waals surface area contributed by atoms with Crippen molar-refractivity contribution >= 4 is 5.97 Å². The Balaban J connectivity index is 4.31. The third-order valence-electron chi connectivity index (χ3n) is 1.99. The van der Waals surface area contributed by atoms with E-state index in [2.05, 4.69) is 12.2 Å². The fourth-order valence-corrected chi connectivity index (χ4v) is 1.26. The van der Waals surface area contributed by atoms with Gasteiger partial charge in [0.05, 0.1) is 6.61 Å². The highest BCUT2D eigenvalue weighted by Crippen LogP contribution is 2.20. The minimum atomic E-state index is -0.206. The Morgan fingerprint density at radius 3 is 2.29 bits per heavy atom. The molecule has 14 heavy (non-hydrogen) atoms. The maximum absolute atomic E-state index is 11.6. The zero-order chi connectivity index (χ0) is 11.2. The molecule has 0 aliphatic heterocycles. The van der Waals surface area contributed by atoms with Crippen molar-refractivity contribution in [2.75, 3.05) is 13.2 Å². The summed E-state index contributed by atoms with van der Waals surface area (Å²) in [5, 5.41) is 3.22. The minimum absolute atomic E-state index is 0.0958. The highest BCUT2D eigenvalue weighted by atomic mass is 16.5. The lowest BCUT2D eigenvalue weighted by atomic mass is 9.86. The van der Waals surface area contributed by atoms with Crippen LogP contribution < -0.4 is 5.32 Å². The summed E-state index contributed by atoms with van der Waals surface area (Å²) in [7, 11) is 0. The van der Waals surface area contributed by atoms with E-state index in [0.29, 0.717) is 6.61 Å². The quantitative estimate of drug-likeness (QED) is 0.691. The molecule has 0 heterocycles. The van der Waals surface area contributed by atoms with Crippen LogP contribution in [0.5, 0.6) is 0 Å². The molecule has 0 rings (SSSR count). The summed E-state index contributed by atoms with van der Waals surface area (Å²) in [5.41, 5.74) is -0.0958. The average molecular weight is 201 g/mol. The molecular formula is C11H23NO2. The van der Waals surface area contributed by atoms with Gasteiger partial charge < -0.3 is 10.1 Å². The van der Waals surface area contributed by atoms with Crippen LogP contribution >= 0.6 is 0 Å². The normalized spacial score (nSPS) is 13.8. The van der Waals surface area contributed by atoms with E-state index in [1.807, 2.05) is 27.7 Å². The highest BCUT2D eigenvalue weighted by molar-refractivity contribution is 5.76. The first-order valence-corrected chi connectivity index (χ1v) is 5.33. The van der Waals surface area contributed by atoms with Gasteiger partial charge in [0.1, 0.15) is 6.04 Å². The molecule has 1 atom stereocenters. The van der Waals surface area contributed by atoms with E-state index >= 15 is 0 Å². The van der Waals surface area contributed by atoms with Crippen molar-refractivity contribution in [2.45, 2.75) is 47.1 Å². The van der Waals surface area contributed by atoms with Gasteiger partial charge in [-0.2, -0.15) is 0 Å². The molecule has 0 spiro atoms. The SMILES string of the molecule is CCCNC(C(=O)OCC)C(C)(C)C. The molecular weight excluding hydrogens is 178 g/mol. The summed E-state index contributed by atoms with van der Waals surface area (Å²) in [6.07, 6.45) is 1.02. The minimum Gasteiger partial charge on any atom is -0.465 e. The van der Waals surface area contributed by atoms with Gasteiger partial charge in [0.2, 0.25) is 0 Å². The molecule has 0 saturated carbocycles. The molecule has 1 N–H and O–H groups in total. The van der Waals surface area contributed by atoms with Crippen molar-refractivity contribution in [3.8, 4) is 0 Å². The fourth-order valence-electron chi connectivity index (χ4n) is 1.26.